The van der Waals surface area contributed by atoms with Crippen molar-refractivity contribution >= 4 is 5.97 Å². The third-order valence-corrected chi connectivity index (χ3v) is 0.547. The van der Waals surface area contributed by atoms with Crippen LogP contribution in [-0.4, -0.2) is 5.97 Å². The van der Waals surface area contributed by atoms with E-state index in [1.165, 1.54) is 0 Å². The van der Waals surface area contributed by atoms with Crippen LogP contribution in [0.25, 0.3) is 0 Å². The van der Waals surface area contributed by atoms with Crippen LogP contribution in [-0.2, 0) is 9.68 Å². The molecular weight excluding hydrogens is 135 g/mol. The van der Waals surface area contributed by atoms with Crippen molar-refractivity contribution in [2.24, 2.45) is 0 Å². The molecule has 0 atom stereocenters. The van der Waals surface area contributed by atoms with Gasteiger partial charge in [0.05, 0.1) is 0 Å². The van der Waals surface area contributed by atoms with Crippen molar-refractivity contribution in [2.45, 2.75) is 19.8 Å². The topological polar surface area (TPSA) is 49.4 Å². The Morgan fingerprint density at radius 3 is 2.38 bits per heavy atom. The molecule has 0 aliphatic heterocycles. The number of carbonyl (C=O) groups is 1. The minimum atomic E-state index is -0.678. The zero-order valence-corrected chi connectivity index (χ0v) is 8.26. The average Bonchev–Trinajstić information content (AvgIpc) is 1.68. The maximum atomic E-state index is 9.88. The first-order valence-corrected chi connectivity index (χ1v) is 2.14. The Bertz CT molecular complexity index is 64.3. The second kappa shape index (κ2) is 8.07. The molecule has 0 bridgehead atoms. The van der Waals surface area contributed by atoms with E-state index in [9.17, 15) is 10.1 Å². The number of carbonyl (C=O) groups excluding carboxylic acids is 1. The van der Waals surface area contributed by atoms with E-state index in [4.69, 9.17) is 0 Å². The van der Waals surface area contributed by atoms with Gasteiger partial charge in [-0.05, 0) is 6.42 Å². The summed E-state index contributed by atoms with van der Waals surface area (Å²) < 4.78 is 0. The van der Waals surface area contributed by atoms with E-state index in [-0.39, 0.29) is 57.8 Å². The molecule has 0 radical (unpaired) electrons. The molecule has 0 aromatic heterocycles. The van der Waals surface area contributed by atoms with Gasteiger partial charge in [0, 0.05) is 6.42 Å². The maximum absolute atomic E-state index is 9.88. The molecule has 0 spiro atoms. The molecule has 0 heterocycles. The molecule has 0 N–H and O–H groups in total. The van der Waals surface area contributed by atoms with Gasteiger partial charge in [-0.3, -0.25) is 4.79 Å². The van der Waals surface area contributed by atoms with Gasteiger partial charge in [0.1, 0.15) is 0 Å². The Morgan fingerprint density at radius 2 is 2.25 bits per heavy atom. The van der Waals surface area contributed by atoms with Crippen molar-refractivity contribution in [3.8, 4) is 0 Å². The summed E-state index contributed by atoms with van der Waals surface area (Å²) in [5, 5.41) is 9.17. The van der Waals surface area contributed by atoms with Gasteiger partial charge < -0.3 is 10.1 Å². The Kier molecular flexibility index (Phi) is 11.9. The molecule has 8 heavy (non-hydrogen) atoms. The summed E-state index contributed by atoms with van der Waals surface area (Å²) in [4.78, 5) is 13.0. The fourth-order valence-electron chi connectivity index (χ4n) is 0.246. The van der Waals surface area contributed by atoms with E-state index in [1.807, 2.05) is 0 Å². The van der Waals surface area contributed by atoms with Gasteiger partial charge in [0.25, 0.3) is 5.97 Å². The second-order valence-electron chi connectivity index (χ2n) is 1.21. The molecule has 0 unspecified atom stereocenters. The first-order chi connectivity index (χ1) is 3.31. The van der Waals surface area contributed by atoms with Crippen LogP contribution >= 0.6 is 0 Å². The van der Waals surface area contributed by atoms with Crippen LogP contribution in [0, 0.1) is 0 Å². The predicted molar refractivity (Wildman–Crippen MR) is 21.0 cm³/mol. The van der Waals surface area contributed by atoms with E-state index in [0.29, 0.717) is 6.42 Å². The quantitative estimate of drug-likeness (QED) is 0.229. The summed E-state index contributed by atoms with van der Waals surface area (Å²) >= 11 is 0. The van der Waals surface area contributed by atoms with Gasteiger partial charge in [0.2, 0.25) is 0 Å². The summed E-state index contributed by atoms with van der Waals surface area (Å²) in [7, 11) is 0. The fraction of sp³-hybridized carbons (Fsp3) is 0.750. The van der Waals surface area contributed by atoms with Crippen molar-refractivity contribution in [1.82, 2.24) is 0 Å². The van der Waals surface area contributed by atoms with Crippen molar-refractivity contribution in [1.29, 1.82) is 0 Å². The Labute approximate surface area is 90.8 Å². The van der Waals surface area contributed by atoms with E-state index in [1.54, 1.807) is 6.92 Å². The Morgan fingerprint density at radius 1 is 1.75 bits per heavy atom. The van der Waals surface area contributed by atoms with Crippen molar-refractivity contribution in [3.63, 3.8) is 0 Å². The van der Waals surface area contributed by atoms with Crippen LogP contribution in [0.5, 0.6) is 0 Å². The molecule has 0 fully saturated rings. The van der Waals surface area contributed by atoms with Crippen LogP contribution in [0.2, 0.25) is 0 Å². The maximum Gasteiger partial charge on any atom is 1.00 e. The minimum absolute atomic E-state index is 0. The Balaban J connectivity index is 0. The van der Waals surface area contributed by atoms with E-state index in [2.05, 4.69) is 4.89 Å². The van der Waals surface area contributed by atoms with Crippen molar-refractivity contribution < 1.29 is 66.3 Å². The molecule has 3 nitrogen and oxygen atoms in total. The summed E-state index contributed by atoms with van der Waals surface area (Å²) in [6.45, 7) is 1.80. The Hall–Kier alpha value is 1.07. The van der Waals surface area contributed by atoms with Crippen LogP contribution < -0.4 is 56.6 Å². The first kappa shape index (κ1) is 11.8. The van der Waals surface area contributed by atoms with Gasteiger partial charge in [-0.1, -0.05) is 6.92 Å². The van der Waals surface area contributed by atoms with Gasteiger partial charge in [-0.15, -0.1) is 0 Å². The molecule has 0 rings (SSSR count). The molecule has 0 aromatic carbocycles. The predicted octanol–water partition coefficient (Wildman–Crippen LogP) is -3.39. The molecule has 0 aromatic rings. The number of rotatable bonds is 2. The molecule has 0 saturated heterocycles. The summed E-state index contributed by atoms with van der Waals surface area (Å²) in [5.74, 6) is -0.678. The van der Waals surface area contributed by atoms with Crippen LogP contribution in [0.1, 0.15) is 19.8 Å². The van der Waals surface area contributed by atoms with Crippen LogP contribution in [0.4, 0.5) is 0 Å². The largest absolute Gasteiger partial charge is 1.00 e. The van der Waals surface area contributed by atoms with Gasteiger partial charge in [-0.25, -0.2) is 0 Å². The molecular formula is C4H7KO3. The number of hydrogen-bond acceptors (Lipinski definition) is 3. The molecule has 0 amide bonds. The fourth-order valence-corrected chi connectivity index (χ4v) is 0.246. The normalized spacial score (nSPS) is 7.25. The monoisotopic (exact) mass is 142 g/mol. The standard InChI is InChI=1S/C4H8O3.K/c1-2-3-4(5)7-6;/h6H,2-3H2,1H3;/q;+1/p-1. The van der Waals surface area contributed by atoms with Crippen molar-refractivity contribution in [3.05, 3.63) is 0 Å². The summed E-state index contributed by atoms with van der Waals surface area (Å²) in [6, 6.07) is 0. The molecule has 4 heteroatoms. The van der Waals surface area contributed by atoms with Crippen molar-refractivity contribution in [2.75, 3.05) is 0 Å². The molecule has 0 aliphatic rings. The van der Waals surface area contributed by atoms with E-state index < -0.39 is 5.97 Å². The summed E-state index contributed by atoms with van der Waals surface area (Å²) in [5.41, 5.74) is 0. The average molecular weight is 142 g/mol. The van der Waals surface area contributed by atoms with E-state index >= 15 is 0 Å². The molecule has 0 saturated carbocycles. The van der Waals surface area contributed by atoms with Gasteiger partial charge in [-0.2, -0.15) is 0 Å². The van der Waals surface area contributed by atoms with E-state index in [0.717, 1.165) is 0 Å². The molecule has 42 valence electrons. The summed E-state index contributed by atoms with van der Waals surface area (Å²) in [6.07, 6.45) is 0.893. The third-order valence-electron chi connectivity index (χ3n) is 0.547. The smallest absolute Gasteiger partial charge is 0.662 e. The third kappa shape index (κ3) is 7.07. The first-order valence-electron chi connectivity index (χ1n) is 2.14. The van der Waals surface area contributed by atoms with Gasteiger partial charge in [0.15, 0.2) is 0 Å². The zero-order chi connectivity index (χ0) is 5.70. The second-order valence-corrected chi connectivity index (χ2v) is 1.21. The molecule has 0 aliphatic carbocycles. The van der Waals surface area contributed by atoms with Gasteiger partial charge >= 0.3 is 51.4 Å². The SMILES string of the molecule is CCCC(=O)O[O-].[K+]. The van der Waals surface area contributed by atoms with Crippen LogP contribution in [0.15, 0.2) is 0 Å². The van der Waals surface area contributed by atoms with Crippen LogP contribution in [0.3, 0.4) is 0 Å². The number of hydrogen-bond donors (Lipinski definition) is 0. The zero-order valence-electron chi connectivity index (χ0n) is 5.14. The minimum Gasteiger partial charge on any atom is -0.662 e.